The number of hydrogen-bond acceptors (Lipinski definition) is 3. The van der Waals surface area contributed by atoms with Gasteiger partial charge in [-0.2, -0.15) is 0 Å². The second-order valence-corrected chi connectivity index (χ2v) is 6.28. The van der Waals surface area contributed by atoms with Crippen LogP contribution in [0.5, 0.6) is 0 Å². The first-order valence-electron chi connectivity index (χ1n) is 8.31. The molecule has 1 saturated heterocycles. The molecule has 0 aromatic carbocycles. The molecule has 1 rings (SSSR count). The van der Waals surface area contributed by atoms with Crippen LogP contribution in [0.15, 0.2) is 0 Å². The van der Waals surface area contributed by atoms with Gasteiger partial charge < -0.3 is 15.5 Å². The molecule has 5 heteroatoms. The van der Waals surface area contributed by atoms with Crippen LogP contribution in [0.2, 0.25) is 0 Å². The number of unbranched alkanes of at least 4 members (excludes halogenated alkanes) is 1. The number of nitrogens with two attached hydrogens (primary N) is 1. The van der Waals surface area contributed by atoms with Crippen LogP contribution in [-0.2, 0) is 4.79 Å². The SMILES string of the molecule is CCCCN(C)CC1CCN(C(=O)C(N)CCC)CC1.Cl. The van der Waals surface area contributed by atoms with Crippen LogP contribution in [0, 0.1) is 5.92 Å². The largest absolute Gasteiger partial charge is 0.341 e. The second-order valence-electron chi connectivity index (χ2n) is 6.28. The predicted octanol–water partition coefficient (Wildman–Crippen LogP) is 2.51. The summed E-state index contributed by atoms with van der Waals surface area (Å²) in [6.07, 6.45) is 6.57. The Hall–Kier alpha value is -0.320. The summed E-state index contributed by atoms with van der Waals surface area (Å²) in [6.45, 7) is 8.45. The number of rotatable bonds is 8. The van der Waals surface area contributed by atoms with E-state index in [1.54, 1.807) is 0 Å². The third-order valence-corrected chi connectivity index (χ3v) is 4.31. The number of halogens is 1. The quantitative estimate of drug-likeness (QED) is 0.748. The van der Waals surface area contributed by atoms with Gasteiger partial charge in [-0.25, -0.2) is 0 Å². The molecule has 2 N–H and O–H groups in total. The number of piperidine rings is 1. The molecule has 0 spiro atoms. The summed E-state index contributed by atoms with van der Waals surface area (Å²) in [4.78, 5) is 16.6. The molecule has 0 bridgehead atoms. The van der Waals surface area contributed by atoms with Gasteiger partial charge in [-0.3, -0.25) is 4.79 Å². The van der Waals surface area contributed by atoms with Crippen molar-refractivity contribution in [1.82, 2.24) is 9.80 Å². The fraction of sp³-hybridized carbons (Fsp3) is 0.938. The molecule has 4 nitrogen and oxygen atoms in total. The highest BCUT2D eigenvalue weighted by Crippen LogP contribution is 2.19. The lowest BCUT2D eigenvalue weighted by molar-refractivity contribution is -0.134. The standard InChI is InChI=1S/C16H33N3O.ClH/c1-4-6-10-18(3)13-14-8-11-19(12-9-14)16(20)15(17)7-5-2;/h14-15H,4-13,17H2,1-3H3;1H. The molecule has 1 aliphatic rings. The van der Waals surface area contributed by atoms with Gasteiger partial charge in [-0.15, -0.1) is 12.4 Å². The van der Waals surface area contributed by atoms with Gasteiger partial charge in [-0.05, 0) is 45.2 Å². The maximum Gasteiger partial charge on any atom is 0.239 e. The lowest BCUT2D eigenvalue weighted by Crippen LogP contribution is -2.48. The van der Waals surface area contributed by atoms with Crippen LogP contribution < -0.4 is 5.73 Å². The Morgan fingerprint density at radius 3 is 2.43 bits per heavy atom. The topological polar surface area (TPSA) is 49.6 Å². The zero-order valence-electron chi connectivity index (χ0n) is 14.0. The number of carbonyl (C=O) groups excluding carboxylic acids is 1. The molecule has 0 saturated carbocycles. The molecular formula is C16H34ClN3O. The summed E-state index contributed by atoms with van der Waals surface area (Å²) in [6, 6.07) is -0.288. The molecule has 1 fully saturated rings. The van der Waals surface area contributed by atoms with Crippen LogP contribution in [0.25, 0.3) is 0 Å². The molecule has 0 aliphatic carbocycles. The number of nitrogens with zero attached hydrogens (tertiary/aromatic N) is 2. The Morgan fingerprint density at radius 2 is 1.90 bits per heavy atom. The Bertz CT molecular complexity index is 281. The maximum atomic E-state index is 12.1. The van der Waals surface area contributed by atoms with Gasteiger partial charge in [0, 0.05) is 19.6 Å². The monoisotopic (exact) mass is 319 g/mol. The minimum absolute atomic E-state index is 0. The van der Waals surface area contributed by atoms with E-state index in [1.807, 2.05) is 4.90 Å². The molecule has 0 radical (unpaired) electrons. The van der Waals surface area contributed by atoms with Gasteiger partial charge in [0.25, 0.3) is 0 Å². The lowest BCUT2D eigenvalue weighted by atomic mass is 9.95. The molecule has 1 heterocycles. The zero-order valence-corrected chi connectivity index (χ0v) is 14.8. The molecule has 1 amide bonds. The fourth-order valence-corrected chi connectivity index (χ4v) is 2.97. The van der Waals surface area contributed by atoms with Crippen molar-refractivity contribution in [1.29, 1.82) is 0 Å². The minimum atomic E-state index is -0.288. The van der Waals surface area contributed by atoms with Crippen molar-refractivity contribution in [3.8, 4) is 0 Å². The molecule has 126 valence electrons. The third kappa shape index (κ3) is 7.48. The fourth-order valence-electron chi connectivity index (χ4n) is 2.97. The summed E-state index contributed by atoms with van der Waals surface area (Å²) in [5, 5.41) is 0. The highest BCUT2D eigenvalue weighted by atomic mass is 35.5. The molecule has 0 aromatic rings. The van der Waals surface area contributed by atoms with Crippen LogP contribution in [0.4, 0.5) is 0 Å². The lowest BCUT2D eigenvalue weighted by Gasteiger charge is -2.35. The number of likely N-dealkylation sites (tertiary alicyclic amines) is 1. The van der Waals surface area contributed by atoms with E-state index >= 15 is 0 Å². The molecule has 1 unspecified atom stereocenters. The van der Waals surface area contributed by atoms with E-state index in [0.29, 0.717) is 0 Å². The molecule has 0 aromatic heterocycles. The van der Waals surface area contributed by atoms with Crippen molar-refractivity contribution >= 4 is 18.3 Å². The van der Waals surface area contributed by atoms with Crippen molar-refractivity contribution in [2.24, 2.45) is 11.7 Å². The first-order valence-corrected chi connectivity index (χ1v) is 8.31. The van der Waals surface area contributed by atoms with E-state index in [2.05, 4.69) is 25.8 Å². The zero-order chi connectivity index (χ0) is 15.0. The number of carbonyl (C=O) groups is 1. The average molecular weight is 320 g/mol. The Labute approximate surface area is 136 Å². The molecule has 1 atom stereocenters. The highest BCUT2D eigenvalue weighted by molar-refractivity contribution is 5.85. The minimum Gasteiger partial charge on any atom is -0.341 e. The van der Waals surface area contributed by atoms with Gasteiger partial charge in [0.05, 0.1) is 6.04 Å². The van der Waals surface area contributed by atoms with Crippen molar-refractivity contribution < 1.29 is 4.79 Å². The van der Waals surface area contributed by atoms with Crippen molar-refractivity contribution in [3.63, 3.8) is 0 Å². The summed E-state index contributed by atoms with van der Waals surface area (Å²) >= 11 is 0. The predicted molar refractivity (Wildman–Crippen MR) is 91.8 cm³/mol. The van der Waals surface area contributed by atoms with E-state index in [4.69, 9.17) is 5.73 Å². The van der Waals surface area contributed by atoms with Gasteiger partial charge in [0.1, 0.15) is 0 Å². The van der Waals surface area contributed by atoms with E-state index in [1.165, 1.54) is 25.9 Å². The van der Waals surface area contributed by atoms with Crippen LogP contribution in [-0.4, -0.2) is 55.0 Å². The van der Waals surface area contributed by atoms with Crippen LogP contribution in [0.3, 0.4) is 0 Å². The molecule has 1 aliphatic heterocycles. The van der Waals surface area contributed by atoms with E-state index < -0.39 is 0 Å². The van der Waals surface area contributed by atoms with Gasteiger partial charge in [-0.1, -0.05) is 26.7 Å². The van der Waals surface area contributed by atoms with E-state index in [0.717, 1.165) is 44.7 Å². The van der Waals surface area contributed by atoms with Gasteiger partial charge in [0.15, 0.2) is 0 Å². The van der Waals surface area contributed by atoms with Crippen molar-refractivity contribution in [2.75, 3.05) is 33.2 Å². The van der Waals surface area contributed by atoms with Crippen LogP contribution >= 0.6 is 12.4 Å². The number of amides is 1. The average Bonchev–Trinajstić information content (AvgIpc) is 2.45. The smallest absolute Gasteiger partial charge is 0.239 e. The third-order valence-electron chi connectivity index (χ3n) is 4.31. The molecular weight excluding hydrogens is 286 g/mol. The van der Waals surface area contributed by atoms with Crippen LogP contribution in [0.1, 0.15) is 52.4 Å². The van der Waals surface area contributed by atoms with Crippen molar-refractivity contribution in [2.45, 2.75) is 58.4 Å². The van der Waals surface area contributed by atoms with Gasteiger partial charge >= 0.3 is 0 Å². The Balaban J connectivity index is 0.00000400. The Morgan fingerprint density at radius 1 is 1.29 bits per heavy atom. The molecule has 21 heavy (non-hydrogen) atoms. The van der Waals surface area contributed by atoms with Crippen molar-refractivity contribution in [3.05, 3.63) is 0 Å². The summed E-state index contributed by atoms with van der Waals surface area (Å²) < 4.78 is 0. The van der Waals surface area contributed by atoms with E-state index in [9.17, 15) is 4.79 Å². The summed E-state index contributed by atoms with van der Waals surface area (Å²) in [5.41, 5.74) is 5.93. The van der Waals surface area contributed by atoms with E-state index in [-0.39, 0.29) is 24.4 Å². The first kappa shape index (κ1) is 20.7. The Kier molecular flexibility index (Phi) is 11.1. The highest BCUT2D eigenvalue weighted by Gasteiger charge is 2.26. The summed E-state index contributed by atoms with van der Waals surface area (Å²) in [5.74, 6) is 0.896. The first-order chi connectivity index (χ1) is 9.58. The maximum absolute atomic E-state index is 12.1. The summed E-state index contributed by atoms with van der Waals surface area (Å²) in [7, 11) is 2.21. The number of hydrogen-bond donors (Lipinski definition) is 1. The normalized spacial score (nSPS) is 17.7. The second kappa shape index (κ2) is 11.3. The van der Waals surface area contributed by atoms with Gasteiger partial charge in [0.2, 0.25) is 5.91 Å².